The molecule has 38 heavy (non-hydrogen) atoms. The Bertz CT molecular complexity index is 1440. The van der Waals surface area contributed by atoms with Gasteiger partial charge in [-0.25, -0.2) is 0 Å². The highest BCUT2D eigenvalue weighted by molar-refractivity contribution is 7.21. The molecule has 1 fully saturated rings. The molecule has 0 unspecified atom stereocenters. The number of rotatable bonds is 7. The zero-order valence-electron chi connectivity index (χ0n) is 22.4. The predicted molar refractivity (Wildman–Crippen MR) is 158 cm³/mol. The first-order valence-corrected chi connectivity index (χ1v) is 14.3. The Morgan fingerprint density at radius 1 is 1.11 bits per heavy atom. The van der Waals surface area contributed by atoms with Crippen molar-refractivity contribution in [3.05, 3.63) is 81.4 Å². The van der Waals surface area contributed by atoms with Gasteiger partial charge in [-0.3, -0.25) is 9.78 Å². The number of methoxy groups -OCH3 is 1. The number of hydrogen-bond acceptors (Lipinski definition) is 5. The van der Waals surface area contributed by atoms with Crippen molar-refractivity contribution in [3.8, 4) is 16.9 Å². The molecule has 5 nitrogen and oxygen atoms in total. The van der Waals surface area contributed by atoms with Crippen molar-refractivity contribution >= 4 is 38.9 Å². The lowest BCUT2D eigenvalue weighted by molar-refractivity contribution is 0.0604. The molecular weight excluding hydrogens is 514 g/mol. The average Bonchev–Trinajstić information content (AvgIpc) is 3.29. The van der Waals surface area contributed by atoms with Crippen molar-refractivity contribution in [2.24, 2.45) is 0 Å². The molecule has 0 spiro atoms. The third-order valence-electron chi connectivity index (χ3n) is 7.72. The summed E-state index contributed by atoms with van der Waals surface area (Å²) in [6.07, 6.45) is 5.86. The number of aryl methyl sites for hydroxylation is 2. The highest BCUT2D eigenvalue weighted by Gasteiger charge is 2.32. The van der Waals surface area contributed by atoms with Crippen LogP contribution >= 0.6 is 22.9 Å². The van der Waals surface area contributed by atoms with E-state index in [0.717, 1.165) is 69.5 Å². The summed E-state index contributed by atoms with van der Waals surface area (Å²) in [4.78, 5) is 21.4. The van der Waals surface area contributed by atoms with Crippen LogP contribution in [0.15, 0.2) is 54.7 Å². The number of ether oxygens (including phenoxy) is 1. The van der Waals surface area contributed by atoms with Crippen LogP contribution in [0, 0.1) is 13.8 Å². The molecule has 1 aliphatic carbocycles. The Kier molecular flexibility index (Phi) is 8.03. The lowest BCUT2D eigenvalue weighted by Crippen LogP contribution is -2.44. The van der Waals surface area contributed by atoms with Gasteiger partial charge in [0, 0.05) is 51.7 Å². The molecule has 198 valence electrons. The zero-order chi connectivity index (χ0) is 26.8. The third kappa shape index (κ3) is 5.31. The normalized spacial score (nSPS) is 17.5. The van der Waals surface area contributed by atoms with Crippen molar-refractivity contribution in [2.45, 2.75) is 58.2 Å². The van der Waals surface area contributed by atoms with Crippen LogP contribution in [0.25, 0.3) is 21.2 Å². The zero-order valence-corrected chi connectivity index (χ0v) is 24.0. The van der Waals surface area contributed by atoms with Gasteiger partial charge in [0.2, 0.25) is 0 Å². The maximum absolute atomic E-state index is 14.3. The number of aromatic nitrogens is 1. The number of fused-ring (bicyclic) bond motifs is 1. The molecule has 5 rings (SSSR count). The van der Waals surface area contributed by atoms with E-state index in [2.05, 4.69) is 35.4 Å². The van der Waals surface area contributed by atoms with Gasteiger partial charge in [0.1, 0.15) is 10.6 Å². The van der Waals surface area contributed by atoms with Crippen LogP contribution in [0.4, 0.5) is 0 Å². The van der Waals surface area contributed by atoms with Gasteiger partial charge in [-0.05, 0) is 75.9 Å². The summed E-state index contributed by atoms with van der Waals surface area (Å²) >= 11 is 8.36. The lowest BCUT2D eigenvalue weighted by atomic mass is 9.89. The van der Waals surface area contributed by atoms with Crippen LogP contribution < -0.4 is 10.1 Å². The average molecular weight is 548 g/mol. The molecule has 2 aromatic carbocycles. The summed E-state index contributed by atoms with van der Waals surface area (Å²) in [6, 6.07) is 16.9. The fraction of sp³-hybridized carbons (Fsp3) is 0.355. The molecule has 0 aliphatic heterocycles. The van der Waals surface area contributed by atoms with Crippen LogP contribution in [0.3, 0.4) is 0 Å². The van der Waals surface area contributed by atoms with Crippen molar-refractivity contribution in [1.29, 1.82) is 0 Å². The van der Waals surface area contributed by atoms with E-state index < -0.39 is 0 Å². The number of carbonyl (C=O) groups is 1. The van der Waals surface area contributed by atoms with E-state index >= 15 is 0 Å². The molecule has 2 aromatic heterocycles. The summed E-state index contributed by atoms with van der Waals surface area (Å²) in [7, 11) is 3.70. The standard InChI is InChI=1S/C31H34ClN3O2S/c1-19-6-5-7-26-28(32)30(38-29(19)26)31(36)35(25-13-11-24(33-3)12-14-25)18-23-16-21(10-15-27(23)37-4)22-9-8-20(2)34-17-22/h5-10,15-17,24-25,33H,11-14,18H2,1-4H3/t24-,25-. The summed E-state index contributed by atoms with van der Waals surface area (Å²) in [5, 5.41) is 4.91. The van der Waals surface area contributed by atoms with Crippen LogP contribution in [-0.2, 0) is 6.54 Å². The van der Waals surface area contributed by atoms with Crippen molar-refractivity contribution in [1.82, 2.24) is 15.2 Å². The van der Waals surface area contributed by atoms with Gasteiger partial charge in [0.05, 0.1) is 12.1 Å². The largest absolute Gasteiger partial charge is 0.496 e. The van der Waals surface area contributed by atoms with Gasteiger partial charge in [-0.2, -0.15) is 0 Å². The van der Waals surface area contributed by atoms with E-state index in [4.69, 9.17) is 16.3 Å². The van der Waals surface area contributed by atoms with E-state index in [1.807, 2.05) is 55.4 Å². The molecule has 1 amide bonds. The van der Waals surface area contributed by atoms with Gasteiger partial charge in [0.25, 0.3) is 5.91 Å². The van der Waals surface area contributed by atoms with E-state index in [1.54, 1.807) is 7.11 Å². The molecule has 4 aromatic rings. The molecule has 2 heterocycles. The minimum Gasteiger partial charge on any atom is -0.496 e. The summed E-state index contributed by atoms with van der Waals surface area (Å²) in [5.41, 5.74) is 5.18. The molecule has 7 heteroatoms. The number of nitrogens with zero attached hydrogens (tertiary/aromatic N) is 2. The Balaban J connectivity index is 1.54. The Hall–Kier alpha value is -2.93. The molecule has 0 atom stereocenters. The van der Waals surface area contributed by atoms with E-state index in [9.17, 15) is 4.79 Å². The van der Waals surface area contributed by atoms with E-state index in [1.165, 1.54) is 11.3 Å². The number of halogens is 1. The molecular formula is C31H34ClN3O2S. The first-order chi connectivity index (χ1) is 18.4. The SMILES string of the molecule is CN[C@H]1CC[C@H](N(Cc2cc(-c3ccc(C)nc3)ccc2OC)C(=O)c2sc3c(C)cccc3c2Cl)CC1. The van der Waals surface area contributed by atoms with Crippen LogP contribution in [0.1, 0.15) is 52.2 Å². The maximum Gasteiger partial charge on any atom is 0.266 e. The second-order valence-electron chi connectivity index (χ2n) is 10.1. The number of benzene rings is 2. The van der Waals surface area contributed by atoms with Gasteiger partial charge >= 0.3 is 0 Å². The fourth-order valence-corrected chi connectivity index (χ4v) is 6.97. The quantitative estimate of drug-likeness (QED) is 0.261. The topological polar surface area (TPSA) is 54.5 Å². The molecule has 0 saturated heterocycles. The van der Waals surface area contributed by atoms with E-state index in [-0.39, 0.29) is 11.9 Å². The van der Waals surface area contributed by atoms with Gasteiger partial charge in [0.15, 0.2) is 0 Å². The summed E-state index contributed by atoms with van der Waals surface area (Å²) < 4.78 is 6.84. The van der Waals surface area contributed by atoms with Gasteiger partial charge in [-0.15, -0.1) is 11.3 Å². The van der Waals surface area contributed by atoms with Crippen LogP contribution in [0.2, 0.25) is 5.02 Å². The number of pyridine rings is 1. The first kappa shape index (κ1) is 26.7. The number of amides is 1. The summed E-state index contributed by atoms with van der Waals surface area (Å²) in [5.74, 6) is 0.766. The molecule has 1 saturated carbocycles. The number of hydrogen-bond donors (Lipinski definition) is 1. The Morgan fingerprint density at radius 3 is 2.53 bits per heavy atom. The lowest BCUT2D eigenvalue weighted by Gasteiger charge is -2.37. The number of carbonyl (C=O) groups excluding carboxylic acids is 1. The second-order valence-corrected chi connectivity index (χ2v) is 11.5. The van der Waals surface area contributed by atoms with E-state index in [0.29, 0.717) is 22.5 Å². The maximum atomic E-state index is 14.3. The Labute approximate surface area is 233 Å². The molecule has 0 bridgehead atoms. The third-order valence-corrected chi connectivity index (χ3v) is 9.55. The molecule has 0 radical (unpaired) electrons. The van der Waals surface area contributed by atoms with Crippen molar-refractivity contribution in [3.63, 3.8) is 0 Å². The predicted octanol–water partition coefficient (Wildman–Crippen LogP) is 7.42. The van der Waals surface area contributed by atoms with Crippen molar-refractivity contribution in [2.75, 3.05) is 14.2 Å². The fourth-order valence-electron chi connectivity index (χ4n) is 5.44. The first-order valence-electron chi connectivity index (χ1n) is 13.2. The summed E-state index contributed by atoms with van der Waals surface area (Å²) in [6.45, 7) is 4.50. The second kappa shape index (κ2) is 11.4. The van der Waals surface area contributed by atoms with Crippen molar-refractivity contribution < 1.29 is 9.53 Å². The molecule has 1 N–H and O–H groups in total. The van der Waals surface area contributed by atoms with Crippen LogP contribution in [-0.4, -0.2) is 42.0 Å². The minimum atomic E-state index is -0.00651. The monoisotopic (exact) mass is 547 g/mol. The molecule has 1 aliphatic rings. The Morgan fingerprint density at radius 2 is 1.87 bits per heavy atom. The van der Waals surface area contributed by atoms with Gasteiger partial charge < -0.3 is 15.0 Å². The minimum absolute atomic E-state index is 0.00651. The highest BCUT2D eigenvalue weighted by atomic mass is 35.5. The number of nitrogens with one attached hydrogen (secondary N) is 1. The van der Waals surface area contributed by atoms with Gasteiger partial charge in [-0.1, -0.05) is 41.9 Å². The highest BCUT2D eigenvalue weighted by Crippen LogP contribution is 2.39. The number of thiophene rings is 1. The van der Waals surface area contributed by atoms with Crippen LogP contribution in [0.5, 0.6) is 5.75 Å². The smallest absolute Gasteiger partial charge is 0.266 e.